The molecule has 3 saturated carbocycles. The Bertz CT molecular complexity index is 1090. The lowest BCUT2D eigenvalue weighted by molar-refractivity contribution is -0.151. The molecule has 4 aliphatic carbocycles. The summed E-state index contributed by atoms with van der Waals surface area (Å²) in [6.45, 7) is 20.2. The third kappa shape index (κ3) is 10.9. The molecule has 0 aromatic rings. The second kappa shape index (κ2) is 20.0. The van der Waals surface area contributed by atoms with Crippen molar-refractivity contribution in [2.75, 3.05) is 13.1 Å². The van der Waals surface area contributed by atoms with Crippen LogP contribution in [0.5, 0.6) is 0 Å². The SMILES string of the molecule is CCC(CCC(C)[C@H]1CC[C@H]2[C@@H]3CC=C4C[C@@H](OC(=O)CCCC(=O)N(CCC(C)N)CCC(C)N)CC[C@]4(C)[C@H]3CC[C@]12C)C(C)C.Cl.Cl. The summed E-state index contributed by atoms with van der Waals surface area (Å²) >= 11 is 0. The van der Waals surface area contributed by atoms with Crippen LogP contribution < -0.4 is 11.5 Å². The first-order valence-corrected chi connectivity index (χ1v) is 20.4. The average Bonchev–Trinajstić information content (AvgIpc) is 3.38. The molecule has 3 fully saturated rings. The molecule has 11 atom stereocenters. The summed E-state index contributed by atoms with van der Waals surface area (Å²) in [5, 5.41) is 0. The van der Waals surface area contributed by atoms with Gasteiger partial charge in [-0.2, -0.15) is 0 Å². The highest BCUT2D eigenvalue weighted by molar-refractivity contribution is 5.85. The van der Waals surface area contributed by atoms with E-state index in [1.807, 2.05) is 18.7 Å². The van der Waals surface area contributed by atoms with Gasteiger partial charge in [0.25, 0.3) is 0 Å². The van der Waals surface area contributed by atoms with Crippen molar-refractivity contribution in [3.63, 3.8) is 0 Å². The van der Waals surface area contributed by atoms with Gasteiger partial charge in [-0.05, 0) is 137 Å². The molecule has 8 heteroatoms. The molecule has 0 radical (unpaired) electrons. The number of allylic oxidation sites excluding steroid dienone is 1. The summed E-state index contributed by atoms with van der Waals surface area (Å²) in [6.07, 6.45) is 19.2. The molecule has 4 N–H and O–H groups in total. The molecule has 0 heterocycles. The first-order valence-electron chi connectivity index (χ1n) is 20.4. The van der Waals surface area contributed by atoms with Gasteiger partial charge in [0.15, 0.2) is 0 Å². The highest BCUT2D eigenvalue weighted by atomic mass is 35.5. The predicted molar refractivity (Wildman–Crippen MR) is 214 cm³/mol. The lowest BCUT2D eigenvalue weighted by Gasteiger charge is -2.58. The molecule has 4 rings (SSSR count). The van der Waals surface area contributed by atoms with Crippen LogP contribution in [0, 0.1) is 52.3 Å². The second-order valence-electron chi connectivity index (χ2n) is 18.1. The zero-order chi connectivity index (χ0) is 35.2. The maximum Gasteiger partial charge on any atom is 0.306 e. The molecule has 0 bridgehead atoms. The fourth-order valence-corrected chi connectivity index (χ4v) is 11.3. The Kier molecular flexibility index (Phi) is 18.2. The van der Waals surface area contributed by atoms with Crippen LogP contribution in [0.4, 0.5) is 0 Å². The third-order valence-corrected chi connectivity index (χ3v) is 14.4. The van der Waals surface area contributed by atoms with Gasteiger partial charge < -0.3 is 21.1 Å². The summed E-state index contributed by atoms with van der Waals surface area (Å²) in [6, 6.07) is 0.0989. The number of carbonyl (C=O) groups excluding carboxylic acids is 2. The second-order valence-corrected chi connectivity index (χ2v) is 18.1. The molecule has 0 aromatic carbocycles. The van der Waals surface area contributed by atoms with Crippen LogP contribution in [-0.4, -0.2) is 48.1 Å². The fourth-order valence-electron chi connectivity index (χ4n) is 11.3. The largest absolute Gasteiger partial charge is 0.462 e. The lowest BCUT2D eigenvalue weighted by atomic mass is 9.47. The minimum atomic E-state index is -0.151. The Morgan fingerprint density at radius 1 is 0.880 bits per heavy atom. The van der Waals surface area contributed by atoms with Crippen LogP contribution in [0.1, 0.15) is 158 Å². The van der Waals surface area contributed by atoms with Crippen molar-refractivity contribution in [2.45, 2.75) is 176 Å². The van der Waals surface area contributed by atoms with Crippen molar-refractivity contribution in [3.8, 4) is 0 Å². The molecule has 0 saturated heterocycles. The van der Waals surface area contributed by atoms with Crippen molar-refractivity contribution in [2.24, 2.45) is 63.7 Å². The molecule has 1 amide bonds. The quantitative estimate of drug-likeness (QED) is 0.114. The number of halogens is 2. The molecule has 4 unspecified atom stereocenters. The number of carbonyl (C=O) groups is 2. The van der Waals surface area contributed by atoms with Gasteiger partial charge in [0.05, 0.1) is 0 Å². The molecule has 0 aromatic heterocycles. The maximum atomic E-state index is 13.0. The van der Waals surface area contributed by atoms with E-state index in [4.69, 9.17) is 16.2 Å². The van der Waals surface area contributed by atoms with Crippen LogP contribution >= 0.6 is 24.8 Å². The number of nitrogens with two attached hydrogens (primary N) is 2. The van der Waals surface area contributed by atoms with Crippen molar-refractivity contribution in [1.82, 2.24) is 4.90 Å². The van der Waals surface area contributed by atoms with E-state index in [1.165, 1.54) is 51.4 Å². The van der Waals surface area contributed by atoms with Gasteiger partial charge in [0, 0.05) is 44.4 Å². The monoisotopic (exact) mass is 742 g/mol. The van der Waals surface area contributed by atoms with Gasteiger partial charge in [0.2, 0.25) is 5.91 Å². The van der Waals surface area contributed by atoms with Gasteiger partial charge in [-0.1, -0.05) is 66.0 Å². The Morgan fingerprint density at radius 2 is 1.54 bits per heavy atom. The molecule has 0 spiro atoms. The summed E-state index contributed by atoms with van der Waals surface area (Å²) in [5.74, 6) is 5.75. The standard InChI is InChI=1S/C42H75N3O3.2ClH/c1-9-32(28(2)3)14-13-29(4)36-17-18-37-35-16-15-33-27-34(19-23-41(33,7)38(35)20-24-42(36,37)8)48-40(47)12-10-11-39(46)45(25-21-30(5)43)26-22-31(6)44;;/h15,28-32,34-38H,9-14,16-27,43-44H2,1-8H3;2*1H/t29?,30?,31?,32?,34-,35-,36+,37-,38-,41-,42+;;/m0../s1. The summed E-state index contributed by atoms with van der Waals surface area (Å²) in [5.41, 5.74) is 14.2. The van der Waals surface area contributed by atoms with E-state index in [2.05, 4.69) is 47.6 Å². The van der Waals surface area contributed by atoms with Gasteiger partial charge >= 0.3 is 5.97 Å². The number of nitrogens with zero attached hydrogens (tertiary/aromatic N) is 1. The number of fused-ring (bicyclic) bond motifs is 5. The molecule has 4 aliphatic rings. The minimum absolute atomic E-state index is 0. The third-order valence-electron chi connectivity index (χ3n) is 14.4. The predicted octanol–water partition coefficient (Wildman–Crippen LogP) is 9.89. The zero-order valence-electron chi connectivity index (χ0n) is 33.2. The zero-order valence-corrected chi connectivity index (χ0v) is 34.9. The van der Waals surface area contributed by atoms with E-state index in [-0.39, 0.29) is 60.3 Å². The number of hydrogen-bond donors (Lipinski definition) is 2. The maximum absolute atomic E-state index is 13.0. The van der Waals surface area contributed by atoms with Crippen LogP contribution in [0.15, 0.2) is 11.6 Å². The van der Waals surface area contributed by atoms with Crippen molar-refractivity contribution < 1.29 is 14.3 Å². The van der Waals surface area contributed by atoms with Gasteiger partial charge in [0.1, 0.15) is 6.10 Å². The van der Waals surface area contributed by atoms with Crippen molar-refractivity contribution >= 4 is 36.7 Å². The number of esters is 1. The normalized spacial score (nSPS) is 32.5. The molecular formula is C42H77Cl2N3O3. The Hall–Kier alpha value is -0.820. The Balaban J connectivity index is 0.00000433. The van der Waals surface area contributed by atoms with Crippen LogP contribution in [0.2, 0.25) is 0 Å². The number of amides is 1. The van der Waals surface area contributed by atoms with Gasteiger partial charge in [-0.25, -0.2) is 0 Å². The Morgan fingerprint density at radius 3 is 2.14 bits per heavy atom. The Labute approximate surface area is 319 Å². The topological polar surface area (TPSA) is 98.7 Å². The highest BCUT2D eigenvalue weighted by Gasteiger charge is 2.59. The average molecular weight is 743 g/mol. The fraction of sp³-hybridized carbons (Fsp3) is 0.905. The first kappa shape index (κ1) is 45.3. The minimum Gasteiger partial charge on any atom is -0.462 e. The summed E-state index contributed by atoms with van der Waals surface area (Å²) in [4.78, 5) is 27.8. The van der Waals surface area contributed by atoms with Crippen LogP contribution in [0.3, 0.4) is 0 Å². The molecule has 6 nitrogen and oxygen atoms in total. The van der Waals surface area contributed by atoms with Crippen molar-refractivity contribution in [1.29, 1.82) is 0 Å². The van der Waals surface area contributed by atoms with E-state index >= 15 is 0 Å². The first-order chi connectivity index (χ1) is 22.7. The molecule has 0 aliphatic heterocycles. The van der Waals surface area contributed by atoms with E-state index < -0.39 is 0 Å². The number of hydrogen-bond acceptors (Lipinski definition) is 5. The van der Waals surface area contributed by atoms with Crippen molar-refractivity contribution in [3.05, 3.63) is 11.6 Å². The van der Waals surface area contributed by atoms with Crippen LogP contribution in [-0.2, 0) is 14.3 Å². The van der Waals surface area contributed by atoms with Gasteiger partial charge in [-0.3, -0.25) is 9.59 Å². The van der Waals surface area contributed by atoms with Gasteiger partial charge in [-0.15, -0.1) is 24.8 Å². The number of rotatable bonds is 17. The molecule has 292 valence electrons. The highest BCUT2D eigenvalue weighted by Crippen LogP contribution is 2.67. The summed E-state index contributed by atoms with van der Waals surface area (Å²) < 4.78 is 6.07. The van der Waals surface area contributed by atoms with Crippen LogP contribution in [0.25, 0.3) is 0 Å². The van der Waals surface area contributed by atoms with E-state index in [9.17, 15) is 9.59 Å². The van der Waals surface area contributed by atoms with E-state index in [0.29, 0.717) is 37.8 Å². The molecular weight excluding hydrogens is 665 g/mol. The number of ether oxygens (including phenoxy) is 1. The molecule has 50 heavy (non-hydrogen) atoms. The smallest absolute Gasteiger partial charge is 0.306 e. The van der Waals surface area contributed by atoms with E-state index in [0.717, 1.165) is 73.5 Å². The lowest BCUT2D eigenvalue weighted by Crippen LogP contribution is -2.51. The summed E-state index contributed by atoms with van der Waals surface area (Å²) in [7, 11) is 0. The van der Waals surface area contributed by atoms with E-state index in [1.54, 1.807) is 5.57 Å².